The fraction of sp³-hybridized carbons (Fsp3) is 0.769. The Hall–Kier alpha value is -1.10. The molecule has 3 saturated carbocycles. The monoisotopic (exact) mass is 413 g/mol. The Kier molecular flexibility index (Phi) is 5.00. The average molecular weight is 414 g/mol. The second-order valence-electron chi connectivity index (χ2n) is 11.1. The van der Waals surface area contributed by atoms with E-state index < -0.39 is 5.60 Å². The molecule has 4 aliphatic carbocycles. The molecule has 0 spiro atoms. The van der Waals surface area contributed by atoms with E-state index in [4.69, 9.17) is 14.9 Å². The lowest BCUT2D eigenvalue weighted by atomic mass is 9.45. The topological polar surface area (TPSA) is 68.6 Å². The molecule has 0 bridgehead atoms. The van der Waals surface area contributed by atoms with Crippen LogP contribution in [0.25, 0.3) is 0 Å². The zero-order valence-electron chi connectivity index (χ0n) is 18.9. The highest BCUT2D eigenvalue weighted by molar-refractivity contribution is 5.31. The van der Waals surface area contributed by atoms with Crippen molar-refractivity contribution in [2.24, 2.45) is 28.4 Å². The number of furan rings is 1. The minimum Gasteiger partial charge on any atom is -0.472 e. The molecule has 4 aliphatic rings. The van der Waals surface area contributed by atoms with Gasteiger partial charge in [0.25, 0.3) is 0 Å². The van der Waals surface area contributed by atoms with Gasteiger partial charge in [-0.3, -0.25) is 0 Å². The summed E-state index contributed by atoms with van der Waals surface area (Å²) in [7, 11) is 0. The van der Waals surface area contributed by atoms with Gasteiger partial charge in [-0.05, 0) is 92.6 Å². The fourth-order valence-electron chi connectivity index (χ4n) is 8.06. The lowest BCUT2D eigenvalue weighted by Gasteiger charge is -2.61. The third-order valence-electron chi connectivity index (χ3n) is 9.96. The van der Waals surface area contributed by atoms with Crippen molar-refractivity contribution in [1.82, 2.24) is 0 Å². The number of allylic oxidation sites excluding steroid dienone is 1. The van der Waals surface area contributed by atoms with Crippen LogP contribution in [-0.4, -0.2) is 23.0 Å². The first-order chi connectivity index (χ1) is 14.3. The number of fused-ring (bicyclic) bond motifs is 5. The molecule has 0 saturated heterocycles. The first-order valence-corrected chi connectivity index (χ1v) is 12.2. The Morgan fingerprint density at radius 2 is 2.03 bits per heavy atom. The van der Waals surface area contributed by atoms with E-state index in [1.165, 1.54) is 12.0 Å². The van der Waals surface area contributed by atoms with Crippen LogP contribution >= 0.6 is 0 Å². The van der Waals surface area contributed by atoms with Crippen LogP contribution in [0.1, 0.15) is 90.0 Å². The van der Waals surface area contributed by atoms with E-state index in [0.29, 0.717) is 17.8 Å². The molecule has 1 unspecified atom stereocenters. The summed E-state index contributed by atoms with van der Waals surface area (Å²) in [6.45, 7) is 6.91. The Balaban J connectivity index is 1.42. The highest BCUT2D eigenvalue weighted by atomic mass is 16.5. The van der Waals surface area contributed by atoms with Gasteiger partial charge in [-0.15, -0.1) is 0 Å². The minimum absolute atomic E-state index is 0.0616. The number of hydrogen-bond acceptors (Lipinski definition) is 4. The first kappa shape index (κ1) is 20.8. The first-order valence-electron chi connectivity index (χ1n) is 12.2. The van der Waals surface area contributed by atoms with Crippen molar-refractivity contribution >= 4 is 0 Å². The number of aliphatic hydroxyl groups is 1. The van der Waals surface area contributed by atoms with Gasteiger partial charge in [0, 0.05) is 5.41 Å². The van der Waals surface area contributed by atoms with E-state index in [9.17, 15) is 5.11 Å². The summed E-state index contributed by atoms with van der Waals surface area (Å²) < 4.78 is 11.5. The predicted molar refractivity (Wildman–Crippen MR) is 118 cm³/mol. The summed E-state index contributed by atoms with van der Waals surface area (Å²) in [5.41, 5.74) is 8.47. The van der Waals surface area contributed by atoms with Crippen LogP contribution in [0, 0.1) is 22.7 Å². The van der Waals surface area contributed by atoms with Crippen LogP contribution in [0.5, 0.6) is 0 Å². The van der Waals surface area contributed by atoms with E-state index in [1.807, 2.05) is 6.26 Å². The van der Waals surface area contributed by atoms with Crippen LogP contribution in [0.2, 0.25) is 0 Å². The molecule has 4 nitrogen and oxygen atoms in total. The second kappa shape index (κ2) is 7.21. The smallest absolute Gasteiger partial charge is 0.105 e. The molecule has 0 radical (unpaired) electrons. The highest BCUT2D eigenvalue weighted by Gasteiger charge is 2.66. The molecule has 3 N–H and O–H groups in total. The van der Waals surface area contributed by atoms with Crippen LogP contribution in [0.4, 0.5) is 0 Å². The zero-order chi connectivity index (χ0) is 21.1. The molecule has 1 heterocycles. The molecule has 1 aromatic heterocycles. The van der Waals surface area contributed by atoms with E-state index in [0.717, 1.165) is 51.4 Å². The van der Waals surface area contributed by atoms with Crippen molar-refractivity contribution in [3.63, 3.8) is 0 Å². The largest absolute Gasteiger partial charge is 0.472 e. The third-order valence-corrected chi connectivity index (χ3v) is 9.96. The van der Waals surface area contributed by atoms with Crippen LogP contribution in [0.3, 0.4) is 0 Å². The second-order valence-corrected chi connectivity index (χ2v) is 11.1. The van der Waals surface area contributed by atoms with E-state index >= 15 is 0 Å². The van der Waals surface area contributed by atoms with Crippen molar-refractivity contribution in [2.75, 3.05) is 0 Å². The van der Waals surface area contributed by atoms with Gasteiger partial charge < -0.3 is 20.0 Å². The molecule has 0 amide bonds. The van der Waals surface area contributed by atoms with Gasteiger partial charge in [0.2, 0.25) is 0 Å². The van der Waals surface area contributed by atoms with Gasteiger partial charge in [-0.1, -0.05) is 32.4 Å². The fourth-order valence-corrected chi connectivity index (χ4v) is 8.06. The van der Waals surface area contributed by atoms with Crippen molar-refractivity contribution in [3.8, 4) is 0 Å². The quantitative estimate of drug-likeness (QED) is 0.504. The molecule has 1 aromatic rings. The molecule has 3 fully saturated rings. The summed E-state index contributed by atoms with van der Waals surface area (Å²) in [5, 5.41) is 12.2. The van der Waals surface area contributed by atoms with Crippen LogP contribution in [0.15, 0.2) is 34.7 Å². The highest BCUT2D eigenvalue weighted by Crippen LogP contribution is 2.69. The number of nitrogens with two attached hydrogens (primary N) is 1. The van der Waals surface area contributed by atoms with E-state index in [1.54, 1.807) is 11.8 Å². The molecular weight excluding hydrogens is 374 g/mol. The summed E-state index contributed by atoms with van der Waals surface area (Å²) >= 11 is 0. The summed E-state index contributed by atoms with van der Waals surface area (Å²) in [6, 6.07) is 2.11. The van der Waals surface area contributed by atoms with E-state index in [2.05, 4.69) is 32.9 Å². The van der Waals surface area contributed by atoms with Gasteiger partial charge in [0.1, 0.15) is 6.23 Å². The van der Waals surface area contributed by atoms with Crippen molar-refractivity contribution < 1.29 is 14.3 Å². The van der Waals surface area contributed by atoms with Crippen molar-refractivity contribution in [3.05, 3.63) is 35.8 Å². The van der Waals surface area contributed by atoms with Crippen molar-refractivity contribution in [1.29, 1.82) is 0 Å². The maximum absolute atomic E-state index is 12.2. The summed E-state index contributed by atoms with van der Waals surface area (Å²) in [5.74, 6) is 1.33. The standard InChI is InChI=1S/C26H39NO3/c1-4-23(27)30-19-7-11-24(2)18(15-19)5-6-22-21(24)8-12-25(3)20(9-13-26(22,25)28)17-10-14-29-16-17/h5,10,14,16,19-23,28H,4,6-9,11-13,15,27H2,1-3H3/t19-,20+,21-,22+,23?,24-,25+,26-/m0/s1. The van der Waals surface area contributed by atoms with Gasteiger partial charge in [-0.2, -0.15) is 0 Å². The molecule has 0 aromatic carbocycles. The molecule has 8 atom stereocenters. The maximum atomic E-state index is 12.2. The predicted octanol–water partition coefficient (Wildman–Crippen LogP) is 5.52. The maximum Gasteiger partial charge on any atom is 0.105 e. The SMILES string of the molecule is CCC(N)O[C@H]1CC[C@@]2(C)C(=CC[C@@H]3[C@@H]2CC[C@]2(C)[C@@H](c4ccoc4)CC[C@]32O)C1. The van der Waals surface area contributed by atoms with Gasteiger partial charge in [-0.25, -0.2) is 0 Å². The van der Waals surface area contributed by atoms with Crippen molar-refractivity contribution in [2.45, 2.75) is 102 Å². The molecule has 0 aliphatic heterocycles. The number of ether oxygens (including phenoxy) is 1. The Labute approximate surface area is 181 Å². The summed E-state index contributed by atoms with van der Waals surface area (Å²) in [4.78, 5) is 0. The lowest BCUT2D eigenvalue weighted by Crippen LogP contribution is -2.60. The molecule has 5 rings (SSSR count). The van der Waals surface area contributed by atoms with Crippen LogP contribution in [-0.2, 0) is 4.74 Å². The third kappa shape index (κ3) is 2.83. The Bertz CT molecular complexity index is 803. The molecule has 30 heavy (non-hydrogen) atoms. The van der Waals surface area contributed by atoms with Gasteiger partial charge in [0.05, 0.1) is 24.2 Å². The Morgan fingerprint density at radius 1 is 1.20 bits per heavy atom. The number of rotatable bonds is 4. The van der Waals surface area contributed by atoms with Gasteiger partial charge >= 0.3 is 0 Å². The number of hydrogen-bond donors (Lipinski definition) is 2. The molecular formula is C26H39NO3. The summed E-state index contributed by atoms with van der Waals surface area (Å²) in [6.07, 6.45) is 15.7. The van der Waals surface area contributed by atoms with E-state index in [-0.39, 0.29) is 23.2 Å². The normalized spacial score (nSPS) is 46.5. The molecule has 4 heteroatoms. The minimum atomic E-state index is -0.583. The Morgan fingerprint density at radius 3 is 2.77 bits per heavy atom. The van der Waals surface area contributed by atoms with Crippen LogP contribution < -0.4 is 5.73 Å². The molecule has 166 valence electrons. The lowest BCUT2D eigenvalue weighted by molar-refractivity contribution is -0.173. The average Bonchev–Trinajstić information content (AvgIpc) is 3.34. The zero-order valence-corrected chi connectivity index (χ0v) is 18.9. The van der Waals surface area contributed by atoms with Gasteiger partial charge in [0.15, 0.2) is 0 Å².